The van der Waals surface area contributed by atoms with Gasteiger partial charge in [0.1, 0.15) is 0 Å². The van der Waals surface area contributed by atoms with Gasteiger partial charge in [-0.3, -0.25) is 14.5 Å². The summed E-state index contributed by atoms with van der Waals surface area (Å²) in [5.41, 5.74) is 1.76. The molecule has 1 aromatic carbocycles. The van der Waals surface area contributed by atoms with E-state index in [9.17, 15) is 9.59 Å². The third kappa shape index (κ3) is 2.16. The number of imide groups is 1. The zero-order valence-electron chi connectivity index (χ0n) is 11.1. The Morgan fingerprint density at radius 3 is 2.58 bits per heavy atom. The van der Waals surface area contributed by atoms with E-state index in [1.807, 2.05) is 31.2 Å². The summed E-state index contributed by atoms with van der Waals surface area (Å²) >= 11 is 0. The van der Waals surface area contributed by atoms with E-state index in [1.165, 1.54) is 4.90 Å². The molecule has 4 heteroatoms. The van der Waals surface area contributed by atoms with Gasteiger partial charge in [-0.1, -0.05) is 12.1 Å². The normalized spacial score (nSPS) is 24.5. The van der Waals surface area contributed by atoms with Crippen LogP contribution in [0.5, 0.6) is 0 Å². The van der Waals surface area contributed by atoms with Gasteiger partial charge in [-0.05, 0) is 50.6 Å². The summed E-state index contributed by atoms with van der Waals surface area (Å²) in [6, 6.07) is 7.33. The highest BCUT2D eigenvalue weighted by Crippen LogP contribution is 2.27. The largest absolute Gasteiger partial charge is 0.292 e. The van der Waals surface area contributed by atoms with Crippen LogP contribution in [-0.2, 0) is 9.59 Å². The van der Waals surface area contributed by atoms with E-state index in [-0.39, 0.29) is 17.9 Å². The second kappa shape index (κ2) is 4.78. The molecule has 0 N–H and O–H groups in total. The van der Waals surface area contributed by atoms with Crippen LogP contribution in [-0.4, -0.2) is 35.8 Å². The van der Waals surface area contributed by atoms with Gasteiger partial charge in [-0.15, -0.1) is 0 Å². The predicted octanol–water partition coefficient (Wildman–Crippen LogP) is 1.72. The van der Waals surface area contributed by atoms with Crippen LogP contribution in [0.3, 0.4) is 0 Å². The summed E-state index contributed by atoms with van der Waals surface area (Å²) in [4.78, 5) is 28.1. The van der Waals surface area contributed by atoms with Crippen molar-refractivity contribution < 1.29 is 9.59 Å². The summed E-state index contributed by atoms with van der Waals surface area (Å²) in [7, 11) is 0. The van der Waals surface area contributed by atoms with Gasteiger partial charge in [-0.25, -0.2) is 4.90 Å². The van der Waals surface area contributed by atoms with Gasteiger partial charge < -0.3 is 0 Å². The first-order chi connectivity index (χ1) is 9.16. The Bertz CT molecular complexity index is 521. The minimum absolute atomic E-state index is 0.0579. The lowest BCUT2D eigenvalue weighted by molar-refractivity contribution is -0.122. The number of anilines is 1. The van der Waals surface area contributed by atoms with E-state index in [2.05, 4.69) is 4.90 Å². The summed E-state index contributed by atoms with van der Waals surface area (Å²) in [5, 5.41) is 0. The molecule has 4 nitrogen and oxygen atoms in total. The van der Waals surface area contributed by atoms with Gasteiger partial charge in [0.15, 0.2) is 0 Å². The Kier molecular flexibility index (Phi) is 3.11. The third-order valence-electron chi connectivity index (χ3n) is 3.96. The Hall–Kier alpha value is -1.68. The molecule has 0 radical (unpaired) electrons. The molecule has 3 rings (SSSR count). The van der Waals surface area contributed by atoms with E-state index in [0.717, 1.165) is 31.5 Å². The average Bonchev–Trinajstić information content (AvgIpc) is 2.97. The predicted molar refractivity (Wildman–Crippen MR) is 72.9 cm³/mol. The number of carbonyl (C=O) groups excluding carboxylic acids is 2. The first kappa shape index (κ1) is 12.4. The molecule has 2 aliphatic rings. The van der Waals surface area contributed by atoms with Crippen LogP contribution < -0.4 is 4.90 Å². The average molecular weight is 258 g/mol. The molecule has 2 fully saturated rings. The number of likely N-dealkylation sites (tertiary alicyclic amines) is 1. The van der Waals surface area contributed by atoms with Crippen LogP contribution in [0.25, 0.3) is 0 Å². The number of rotatable bonds is 2. The van der Waals surface area contributed by atoms with Crippen LogP contribution in [0, 0.1) is 6.92 Å². The maximum atomic E-state index is 12.5. The lowest BCUT2D eigenvalue weighted by Crippen LogP contribution is -2.40. The molecule has 1 atom stereocenters. The minimum atomic E-state index is -0.240. The SMILES string of the molecule is Cc1cccc(N2C(=O)CC(N3CCCC3)C2=O)c1. The fraction of sp³-hybridized carbons (Fsp3) is 0.467. The zero-order chi connectivity index (χ0) is 13.4. The number of hydrogen-bond acceptors (Lipinski definition) is 3. The van der Waals surface area contributed by atoms with Crippen LogP contribution >= 0.6 is 0 Å². The minimum Gasteiger partial charge on any atom is -0.292 e. The van der Waals surface area contributed by atoms with Crippen molar-refractivity contribution in [2.45, 2.75) is 32.2 Å². The number of amides is 2. The fourth-order valence-corrected chi connectivity index (χ4v) is 2.99. The molecule has 0 spiro atoms. The molecule has 0 saturated carbocycles. The topological polar surface area (TPSA) is 40.6 Å². The van der Waals surface area contributed by atoms with E-state index in [4.69, 9.17) is 0 Å². The van der Waals surface area contributed by atoms with E-state index in [0.29, 0.717) is 12.1 Å². The second-order valence-corrected chi connectivity index (χ2v) is 5.37. The van der Waals surface area contributed by atoms with E-state index < -0.39 is 0 Å². The van der Waals surface area contributed by atoms with Crippen molar-refractivity contribution >= 4 is 17.5 Å². The molecular formula is C15H18N2O2. The van der Waals surface area contributed by atoms with Crippen molar-refractivity contribution in [3.05, 3.63) is 29.8 Å². The summed E-state index contributed by atoms with van der Waals surface area (Å²) in [6.45, 7) is 3.84. The molecule has 0 aromatic heterocycles. The lowest BCUT2D eigenvalue weighted by Gasteiger charge is -2.21. The van der Waals surface area contributed by atoms with E-state index >= 15 is 0 Å². The maximum absolute atomic E-state index is 12.5. The monoisotopic (exact) mass is 258 g/mol. The number of carbonyl (C=O) groups is 2. The number of benzene rings is 1. The van der Waals surface area contributed by atoms with Gasteiger partial charge in [0.05, 0.1) is 18.2 Å². The van der Waals surface area contributed by atoms with Crippen molar-refractivity contribution in [2.75, 3.05) is 18.0 Å². The van der Waals surface area contributed by atoms with Crippen molar-refractivity contribution in [2.24, 2.45) is 0 Å². The van der Waals surface area contributed by atoms with Gasteiger partial charge in [0.25, 0.3) is 5.91 Å². The van der Waals surface area contributed by atoms with Crippen LogP contribution in [0.4, 0.5) is 5.69 Å². The van der Waals surface area contributed by atoms with Crippen molar-refractivity contribution in [3.63, 3.8) is 0 Å². The Morgan fingerprint density at radius 1 is 1.16 bits per heavy atom. The molecular weight excluding hydrogens is 240 g/mol. The first-order valence-corrected chi connectivity index (χ1v) is 6.84. The molecule has 2 amide bonds. The summed E-state index contributed by atoms with van der Waals surface area (Å²) in [5.74, 6) is -0.134. The Balaban J connectivity index is 1.86. The fourth-order valence-electron chi connectivity index (χ4n) is 2.99. The maximum Gasteiger partial charge on any atom is 0.251 e. The molecule has 19 heavy (non-hydrogen) atoms. The summed E-state index contributed by atoms with van der Waals surface area (Å²) < 4.78 is 0. The van der Waals surface area contributed by atoms with Crippen molar-refractivity contribution in [3.8, 4) is 0 Å². The highest BCUT2D eigenvalue weighted by atomic mass is 16.2. The molecule has 2 saturated heterocycles. The second-order valence-electron chi connectivity index (χ2n) is 5.37. The van der Waals surface area contributed by atoms with Gasteiger partial charge in [0, 0.05) is 0 Å². The molecule has 100 valence electrons. The first-order valence-electron chi connectivity index (χ1n) is 6.84. The number of hydrogen-bond donors (Lipinski definition) is 0. The molecule has 0 aliphatic carbocycles. The zero-order valence-corrected chi connectivity index (χ0v) is 11.1. The smallest absolute Gasteiger partial charge is 0.251 e. The molecule has 0 bridgehead atoms. The Labute approximate surface area is 113 Å². The van der Waals surface area contributed by atoms with Gasteiger partial charge >= 0.3 is 0 Å². The Morgan fingerprint density at radius 2 is 1.89 bits per heavy atom. The highest BCUT2D eigenvalue weighted by molar-refractivity contribution is 6.22. The van der Waals surface area contributed by atoms with Crippen LogP contribution in [0.2, 0.25) is 0 Å². The molecule has 2 aliphatic heterocycles. The molecule has 1 aromatic rings. The van der Waals surface area contributed by atoms with Crippen molar-refractivity contribution in [1.82, 2.24) is 4.90 Å². The van der Waals surface area contributed by atoms with E-state index in [1.54, 1.807) is 0 Å². The third-order valence-corrected chi connectivity index (χ3v) is 3.96. The number of aryl methyl sites for hydroxylation is 1. The van der Waals surface area contributed by atoms with Crippen LogP contribution in [0.15, 0.2) is 24.3 Å². The quantitative estimate of drug-likeness (QED) is 0.758. The number of nitrogens with zero attached hydrogens (tertiary/aromatic N) is 2. The molecule has 1 unspecified atom stereocenters. The molecule has 2 heterocycles. The standard InChI is InChI=1S/C15H18N2O2/c1-11-5-4-6-12(9-11)17-14(18)10-13(15(17)19)16-7-2-3-8-16/h4-6,9,13H,2-3,7-8,10H2,1H3. The van der Waals surface area contributed by atoms with Gasteiger partial charge in [0.2, 0.25) is 5.91 Å². The van der Waals surface area contributed by atoms with Gasteiger partial charge in [-0.2, -0.15) is 0 Å². The lowest BCUT2D eigenvalue weighted by atomic mass is 10.2. The van der Waals surface area contributed by atoms with Crippen LogP contribution in [0.1, 0.15) is 24.8 Å². The summed E-state index contributed by atoms with van der Waals surface area (Å²) in [6.07, 6.45) is 2.58. The van der Waals surface area contributed by atoms with Crippen molar-refractivity contribution in [1.29, 1.82) is 0 Å². The highest BCUT2D eigenvalue weighted by Gasteiger charge is 2.43.